The highest BCUT2D eigenvalue weighted by Gasteiger charge is 2.68. The Bertz CT molecular complexity index is 363. The summed E-state index contributed by atoms with van der Waals surface area (Å²) in [6.07, 6.45) is 2.34. The molecule has 1 heterocycles. The molecule has 2 saturated carbocycles. The fourth-order valence-electron chi connectivity index (χ4n) is 4.60. The van der Waals surface area contributed by atoms with Crippen molar-refractivity contribution in [2.24, 2.45) is 16.7 Å². The summed E-state index contributed by atoms with van der Waals surface area (Å²) >= 11 is 0. The van der Waals surface area contributed by atoms with E-state index in [2.05, 4.69) is 19.2 Å². The number of hydrogen-bond donors (Lipinski definition) is 2. The Morgan fingerprint density at radius 1 is 1.33 bits per heavy atom. The van der Waals surface area contributed by atoms with Gasteiger partial charge < -0.3 is 15.3 Å². The molecule has 4 nitrogen and oxygen atoms in total. The van der Waals surface area contributed by atoms with Crippen LogP contribution in [0.3, 0.4) is 0 Å². The predicted octanol–water partition coefficient (Wildman–Crippen LogP) is 0.605. The zero-order valence-corrected chi connectivity index (χ0v) is 11.4. The van der Waals surface area contributed by atoms with Crippen LogP contribution in [-0.2, 0) is 4.79 Å². The maximum absolute atomic E-state index is 12.9. The average Bonchev–Trinajstić information content (AvgIpc) is 2.73. The Labute approximate surface area is 109 Å². The van der Waals surface area contributed by atoms with E-state index in [1.165, 1.54) is 0 Å². The largest absolute Gasteiger partial charge is 0.392 e. The summed E-state index contributed by atoms with van der Waals surface area (Å²) in [5, 5.41) is 13.7. The minimum Gasteiger partial charge on any atom is -0.392 e. The molecule has 3 unspecified atom stereocenters. The van der Waals surface area contributed by atoms with Gasteiger partial charge in [-0.3, -0.25) is 4.79 Å². The van der Waals surface area contributed by atoms with Crippen LogP contribution in [0.2, 0.25) is 0 Å². The predicted molar refractivity (Wildman–Crippen MR) is 69.0 cm³/mol. The van der Waals surface area contributed by atoms with E-state index in [0.29, 0.717) is 5.92 Å². The number of nitrogens with zero attached hydrogens (tertiary/aromatic N) is 1. The Hall–Kier alpha value is -0.610. The van der Waals surface area contributed by atoms with Gasteiger partial charge in [-0.15, -0.1) is 0 Å². The summed E-state index contributed by atoms with van der Waals surface area (Å²) in [6.45, 7) is 7.69. The molecule has 18 heavy (non-hydrogen) atoms. The SMILES string of the molecule is CC1(C)C2CCC1(C(=O)N1CCNCC1)C(O)C2. The molecular formula is C14H24N2O2. The van der Waals surface area contributed by atoms with E-state index in [-0.39, 0.29) is 11.3 Å². The van der Waals surface area contributed by atoms with Gasteiger partial charge in [-0.2, -0.15) is 0 Å². The fourth-order valence-corrected chi connectivity index (χ4v) is 4.60. The fraction of sp³-hybridized carbons (Fsp3) is 0.929. The monoisotopic (exact) mass is 252 g/mol. The lowest BCUT2D eigenvalue weighted by atomic mass is 9.67. The van der Waals surface area contributed by atoms with Crippen LogP contribution in [0.25, 0.3) is 0 Å². The maximum Gasteiger partial charge on any atom is 0.232 e. The lowest BCUT2D eigenvalue weighted by Gasteiger charge is -2.43. The van der Waals surface area contributed by atoms with Gasteiger partial charge >= 0.3 is 0 Å². The zero-order chi connectivity index (χ0) is 13.0. The lowest BCUT2D eigenvalue weighted by molar-refractivity contribution is -0.155. The van der Waals surface area contributed by atoms with Gasteiger partial charge in [0.1, 0.15) is 0 Å². The number of carbonyl (C=O) groups excluding carboxylic acids is 1. The number of amides is 1. The van der Waals surface area contributed by atoms with Crippen molar-refractivity contribution in [3.8, 4) is 0 Å². The van der Waals surface area contributed by atoms with E-state index in [9.17, 15) is 9.90 Å². The number of carbonyl (C=O) groups is 1. The van der Waals surface area contributed by atoms with Crippen LogP contribution in [0.1, 0.15) is 33.1 Å². The van der Waals surface area contributed by atoms with Crippen molar-refractivity contribution in [2.45, 2.75) is 39.2 Å². The second kappa shape index (κ2) is 3.94. The summed E-state index contributed by atoms with van der Waals surface area (Å²) in [5.41, 5.74) is -0.552. The van der Waals surface area contributed by atoms with Crippen molar-refractivity contribution >= 4 is 5.91 Å². The molecule has 0 radical (unpaired) electrons. The minimum absolute atomic E-state index is 0.0472. The van der Waals surface area contributed by atoms with E-state index >= 15 is 0 Å². The van der Waals surface area contributed by atoms with Crippen molar-refractivity contribution in [3.05, 3.63) is 0 Å². The number of aliphatic hydroxyl groups is 1. The first-order chi connectivity index (χ1) is 8.50. The number of fused-ring (bicyclic) bond motifs is 2. The molecule has 0 aromatic rings. The summed E-state index contributed by atoms with van der Waals surface area (Å²) in [6, 6.07) is 0. The molecule has 2 N–H and O–H groups in total. The van der Waals surface area contributed by atoms with Crippen molar-refractivity contribution in [3.63, 3.8) is 0 Å². The molecule has 3 fully saturated rings. The van der Waals surface area contributed by atoms with Gasteiger partial charge in [0.05, 0.1) is 11.5 Å². The molecular weight excluding hydrogens is 228 g/mol. The Morgan fingerprint density at radius 3 is 2.50 bits per heavy atom. The van der Waals surface area contributed by atoms with Crippen molar-refractivity contribution in [1.82, 2.24) is 10.2 Å². The molecule has 0 spiro atoms. The molecule has 102 valence electrons. The molecule has 3 rings (SSSR count). The zero-order valence-electron chi connectivity index (χ0n) is 11.4. The Kier molecular flexibility index (Phi) is 2.72. The first-order valence-electron chi connectivity index (χ1n) is 7.18. The van der Waals surface area contributed by atoms with E-state index < -0.39 is 11.5 Å². The highest BCUT2D eigenvalue weighted by atomic mass is 16.3. The molecule has 2 aliphatic carbocycles. The highest BCUT2D eigenvalue weighted by Crippen LogP contribution is 2.66. The standard InChI is InChI=1S/C14H24N2O2/c1-13(2)10-3-4-14(13,11(17)9-10)12(18)16-7-5-15-6-8-16/h10-11,15,17H,3-9H2,1-2H3. The van der Waals surface area contributed by atoms with Gasteiger partial charge in [0, 0.05) is 26.2 Å². The van der Waals surface area contributed by atoms with E-state index in [1.54, 1.807) is 0 Å². The van der Waals surface area contributed by atoms with Gasteiger partial charge in [0.25, 0.3) is 0 Å². The van der Waals surface area contributed by atoms with E-state index in [4.69, 9.17) is 0 Å². The Morgan fingerprint density at radius 2 is 2.00 bits per heavy atom. The van der Waals surface area contributed by atoms with Gasteiger partial charge in [-0.25, -0.2) is 0 Å². The molecule has 1 amide bonds. The molecule has 3 aliphatic rings. The lowest BCUT2D eigenvalue weighted by Crippen LogP contribution is -2.57. The van der Waals surface area contributed by atoms with Gasteiger partial charge in [-0.05, 0) is 30.6 Å². The smallest absolute Gasteiger partial charge is 0.232 e. The molecule has 2 bridgehead atoms. The summed E-state index contributed by atoms with van der Waals surface area (Å²) in [7, 11) is 0. The second-order valence-electron chi connectivity index (χ2n) is 6.72. The maximum atomic E-state index is 12.9. The molecule has 3 atom stereocenters. The van der Waals surface area contributed by atoms with Crippen LogP contribution >= 0.6 is 0 Å². The van der Waals surface area contributed by atoms with Gasteiger partial charge in [0.15, 0.2) is 0 Å². The van der Waals surface area contributed by atoms with Gasteiger partial charge in [0.2, 0.25) is 5.91 Å². The summed E-state index contributed by atoms with van der Waals surface area (Å²) in [5.74, 6) is 0.723. The molecule has 1 saturated heterocycles. The summed E-state index contributed by atoms with van der Waals surface area (Å²) in [4.78, 5) is 14.9. The third kappa shape index (κ3) is 1.36. The van der Waals surface area contributed by atoms with Crippen molar-refractivity contribution < 1.29 is 9.90 Å². The van der Waals surface area contributed by atoms with Crippen LogP contribution < -0.4 is 5.32 Å². The van der Waals surface area contributed by atoms with Crippen LogP contribution in [0, 0.1) is 16.7 Å². The normalized spacial score (nSPS) is 42.3. The van der Waals surface area contributed by atoms with Crippen molar-refractivity contribution in [1.29, 1.82) is 0 Å². The number of hydrogen-bond acceptors (Lipinski definition) is 3. The third-order valence-corrected chi connectivity index (χ3v) is 5.92. The number of aliphatic hydroxyl groups excluding tert-OH is 1. The van der Waals surface area contributed by atoms with Crippen LogP contribution in [0.4, 0.5) is 0 Å². The molecule has 0 aromatic heterocycles. The third-order valence-electron chi connectivity index (χ3n) is 5.92. The quantitative estimate of drug-likeness (QED) is 0.719. The number of rotatable bonds is 1. The first-order valence-corrected chi connectivity index (χ1v) is 7.18. The van der Waals surface area contributed by atoms with Crippen LogP contribution in [0.5, 0.6) is 0 Å². The van der Waals surface area contributed by atoms with Gasteiger partial charge in [-0.1, -0.05) is 13.8 Å². The highest BCUT2D eigenvalue weighted by molar-refractivity contribution is 5.85. The van der Waals surface area contributed by atoms with E-state index in [1.807, 2.05) is 4.90 Å². The molecule has 1 aliphatic heterocycles. The number of piperazine rings is 1. The molecule has 0 aromatic carbocycles. The number of nitrogens with one attached hydrogen (secondary N) is 1. The Balaban J connectivity index is 1.91. The van der Waals surface area contributed by atoms with E-state index in [0.717, 1.165) is 45.4 Å². The van der Waals surface area contributed by atoms with Crippen LogP contribution in [0.15, 0.2) is 0 Å². The average molecular weight is 252 g/mol. The second-order valence-corrected chi connectivity index (χ2v) is 6.72. The van der Waals surface area contributed by atoms with Crippen molar-refractivity contribution in [2.75, 3.05) is 26.2 Å². The topological polar surface area (TPSA) is 52.6 Å². The summed E-state index contributed by atoms with van der Waals surface area (Å²) < 4.78 is 0. The first kappa shape index (κ1) is 12.4. The molecule has 4 heteroatoms. The van der Waals surface area contributed by atoms with Crippen LogP contribution in [-0.4, -0.2) is 48.2 Å². The minimum atomic E-state index is -0.505.